The van der Waals surface area contributed by atoms with Gasteiger partial charge in [-0.2, -0.15) is 0 Å². The van der Waals surface area contributed by atoms with Gasteiger partial charge in [-0.05, 0) is 34.4 Å². The van der Waals surface area contributed by atoms with Crippen LogP contribution in [-0.4, -0.2) is 38.0 Å². The average molecular weight is 447 g/mol. The van der Waals surface area contributed by atoms with Crippen LogP contribution in [0.5, 0.6) is 11.5 Å². The first-order valence-electron chi connectivity index (χ1n) is 10.6. The number of carbonyl (C=O) groups excluding carboxylic acids is 1. The fourth-order valence-corrected chi connectivity index (χ4v) is 4.30. The first kappa shape index (κ1) is 22.2. The summed E-state index contributed by atoms with van der Waals surface area (Å²) in [6.07, 6.45) is -1.02. The molecule has 3 aromatic rings. The van der Waals surface area contributed by atoms with Crippen molar-refractivity contribution in [1.29, 1.82) is 0 Å². The monoisotopic (exact) mass is 447 g/mol. The van der Waals surface area contributed by atoms with E-state index in [4.69, 9.17) is 14.2 Å². The molecule has 1 amide bonds. The number of carboxylic acids is 1. The number of benzene rings is 3. The minimum absolute atomic E-state index is 0.0865. The number of aliphatic carboxylic acids is 1. The highest BCUT2D eigenvalue weighted by atomic mass is 16.5. The van der Waals surface area contributed by atoms with Gasteiger partial charge in [-0.15, -0.1) is 0 Å². The van der Waals surface area contributed by atoms with Crippen molar-refractivity contribution in [1.82, 2.24) is 5.32 Å². The number of alkyl carbamates (subject to hydrolysis) is 1. The van der Waals surface area contributed by atoms with Gasteiger partial charge in [0.15, 0.2) is 0 Å². The summed E-state index contributed by atoms with van der Waals surface area (Å²) in [6, 6.07) is 20.3. The molecule has 1 aliphatic rings. The first-order valence-corrected chi connectivity index (χ1v) is 10.6. The summed E-state index contributed by atoms with van der Waals surface area (Å²) in [5.41, 5.74) is 4.99. The molecule has 0 heterocycles. The molecule has 0 aromatic heterocycles. The van der Waals surface area contributed by atoms with Crippen molar-refractivity contribution in [2.75, 3.05) is 20.8 Å². The van der Waals surface area contributed by atoms with E-state index in [1.807, 2.05) is 36.4 Å². The number of carboxylic acid groups (broad SMARTS) is 1. The lowest BCUT2D eigenvalue weighted by molar-refractivity contribution is -0.137. The molecule has 7 heteroatoms. The Kier molecular flexibility index (Phi) is 6.49. The number of ether oxygens (including phenoxy) is 3. The van der Waals surface area contributed by atoms with Crippen LogP contribution >= 0.6 is 0 Å². The molecule has 0 radical (unpaired) electrons. The third kappa shape index (κ3) is 4.62. The third-order valence-corrected chi connectivity index (χ3v) is 5.83. The van der Waals surface area contributed by atoms with Gasteiger partial charge in [0, 0.05) is 17.5 Å². The van der Waals surface area contributed by atoms with E-state index in [0.717, 1.165) is 22.3 Å². The molecule has 0 fully saturated rings. The second-order valence-corrected chi connectivity index (χ2v) is 7.73. The standard InChI is InChI=1S/C26H25NO6/c1-31-16-11-12-21(24(13-16)32-2)23(14-25(28)29)27-26(30)33-15-22-19-9-5-3-7-17(19)18-8-4-6-10-20(18)22/h3-13,22-23H,14-15H2,1-2H3,(H,27,30)(H,28,29). The maximum absolute atomic E-state index is 12.7. The van der Waals surface area contributed by atoms with Gasteiger partial charge in [-0.1, -0.05) is 48.5 Å². The van der Waals surface area contributed by atoms with Gasteiger partial charge in [-0.3, -0.25) is 4.79 Å². The Morgan fingerprint density at radius 2 is 1.58 bits per heavy atom. The Labute approximate surface area is 191 Å². The molecule has 1 aliphatic carbocycles. The van der Waals surface area contributed by atoms with E-state index in [2.05, 4.69) is 17.4 Å². The van der Waals surface area contributed by atoms with E-state index in [-0.39, 0.29) is 18.9 Å². The third-order valence-electron chi connectivity index (χ3n) is 5.83. The summed E-state index contributed by atoms with van der Waals surface area (Å²) in [7, 11) is 3.00. The van der Waals surface area contributed by atoms with Crippen LogP contribution in [0, 0.1) is 0 Å². The SMILES string of the molecule is COc1ccc(C(CC(=O)O)NC(=O)OCC2c3ccccc3-c3ccccc32)c(OC)c1. The quantitative estimate of drug-likeness (QED) is 0.517. The zero-order valence-corrected chi connectivity index (χ0v) is 18.4. The number of hydrogen-bond donors (Lipinski definition) is 2. The molecule has 2 N–H and O–H groups in total. The molecule has 0 spiro atoms. The normalized spacial score (nSPS) is 12.9. The molecule has 7 nitrogen and oxygen atoms in total. The van der Waals surface area contributed by atoms with Crippen LogP contribution in [-0.2, 0) is 9.53 Å². The van der Waals surface area contributed by atoms with Gasteiger partial charge in [0.05, 0.1) is 26.7 Å². The molecular formula is C26H25NO6. The molecule has 3 aromatic carbocycles. The lowest BCUT2D eigenvalue weighted by Gasteiger charge is -2.21. The molecule has 1 atom stereocenters. The molecule has 1 unspecified atom stereocenters. The predicted octanol–water partition coefficient (Wildman–Crippen LogP) is 4.76. The number of carbonyl (C=O) groups is 2. The summed E-state index contributed by atoms with van der Waals surface area (Å²) in [4.78, 5) is 24.2. The second-order valence-electron chi connectivity index (χ2n) is 7.73. The number of fused-ring (bicyclic) bond motifs is 3. The topological polar surface area (TPSA) is 94.1 Å². The minimum atomic E-state index is -1.06. The van der Waals surface area contributed by atoms with Gasteiger partial charge in [-0.25, -0.2) is 4.79 Å². The maximum atomic E-state index is 12.7. The Hall–Kier alpha value is -4.00. The number of nitrogens with one attached hydrogen (secondary N) is 1. The van der Waals surface area contributed by atoms with Crippen LogP contribution in [0.2, 0.25) is 0 Å². The average Bonchev–Trinajstić information content (AvgIpc) is 3.15. The Bertz CT molecular complexity index is 1130. The van der Waals surface area contributed by atoms with Crippen molar-refractivity contribution in [3.05, 3.63) is 83.4 Å². The number of hydrogen-bond acceptors (Lipinski definition) is 5. The molecular weight excluding hydrogens is 422 g/mol. The molecule has 0 saturated heterocycles. The fraction of sp³-hybridized carbons (Fsp3) is 0.231. The molecule has 0 saturated carbocycles. The van der Waals surface area contributed by atoms with Crippen molar-refractivity contribution >= 4 is 12.1 Å². The van der Waals surface area contributed by atoms with Crippen LogP contribution in [0.1, 0.15) is 35.1 Å². The lowest BCUT2D eigenvalue weighted by atomic mass is 9.98. The Morgan fingerprint density at radius 1 is 0.939 bits per heavy atom. The van der Waals surface area contributed by atoms with Crippen molar-refractivity contribution in [3.63, 3.8) is 0 Å². The zero-order chi connectivity index (χ0) is 23.4. The Morgan fingerprint density at radius 3 is 2.15 bits per heavy atom. The molecule has 170 valence electrons. The molecule has 0 aliphatic heterocycles. The smallest absolute Gasteiger partial charge is 0.407 e. The van der Waals surface area contributed by atoms with E-state index in [9.17, 15) is 14.7 Å². The minimum Gasteiger partial charge on any atom is -0.497 e. The van der Waals surface area contributed by atoms with Gasteiger partial charge in [0.2, 0.25) is 0 Å². The van der Waals surface area contributed by atoms with Crippen molar-refractivity contribution in [2.24, 2.45) is 0 Å². The number of rotatable bonds is 8. The van der Waals surface area contributed by atoms with E-state index < -0.39 is 18.1 Å². The lowest BCUT2D eigenvalue weighted by Crippen LogP contribution is -2.32. The van der Waals surface area contributed by atoms with E-state index in [1.54, 1.807) is 18.2 Å². The Balaban J connectivity index is 1.51. The summed E-state index contributed by atoms with van der Waals surface area (Å²) in [6.45, 7) is 0.138. The maximum Gasteiger partial charge on any atom is 0.407 e. The predicted molar refractivity (Wildman–Crippen MR) is 123 cm³/mol. The van der Waals surface area contributed by atoms with Crippen LogP contribution in [0.3, 0.4) is 0 Å². The largest absolute Gasteiger partial charge is 0.497 e. The molecule has 33 heavy (non-hydrogen) atoms. The zero-order valence-electron chi connectivity index (χ0n) is 18.4. The first-order chi connectivity index (χ1) is 16.0. The van der Waals surface area contributed by atoms with Crippen molar-refractivity contribution in [2.45, 2.75) is 18.4 Å². The van der Waals surface area contributed by atoms with Gasteiger partial charge in [0.25, 0.3) is 0 Å². The summed E-state index contributed by atoms with van der Waals surface area (Å²) in [5, 5.41) is 12.1. The van der Waals surface area contributed by atoms with Gasteiger partial charge < -0.3 is 24.6 Å². The highest BCUT2D eigenvalue weighted by Gasteiger charge is 2.30. The summed E-state index contributed by atoms with van der Waals surface area (Å²) in [5.74, 6) is -0.168. The second kappa shape index (κ2) is 9.65. The van der Waals surface area contributed by atoms with E-state index in [0.29, 0.717) is 17.1 Å². The van der Waals surface area contributed by atoms with Gasteiger partial charge in [0.1, 0.15) is 18.1 Å². The number of methoxy groups -OCH3 is 2. The molecule has 0 bridgehead atoms. The summed E-state index contributed by atoms with van der Waals surface area (Å²) >= 11 is 0. The molecule has 4 rings (SSSR count). The van der Waals surface area contributed by atoms with Crippen LogP contribution in [0.4, 0.5) is 4.79 Å². The van der Waals surface area contributed by atoms with Gasteiger partial charge >= 0.3 is 12.1 Å². The van der Waals surface area contributed by atoms with Crippen LogP contribution in [0.15, 0.2) is 66.7 Å². The van der Waals surface area contributed by atoms with E-state index >= 15 is 0 Å². The van der Waals surface area contributed by atoms with Crippen molar-refractivity contribution in [3.8, 4) is 22.6 Å². The van der Waals surface area contributed by atoms with Crippen molar-refractivity contribution < 1.29 is 28.9 Å². The summed E-state index contributed by atoms with van der Waals surface area (Å²) < 4.78 is 16.2. The van der Waals surface area contributed by atoms with Crippen LogP contribution < -0.4 is 14.8 Å². The van der Waals surface area contributed by atoms with E-state index in [1.165, 1.54) is 14.2 Å². The highest BCUT2D eigenvalue weighted by Crippen LogP contribution is 2.44. The van der Waals surface area contributed by atoms with Crippen LogP contribution in [0.25, 0.3) is 11.1 Å². The number of amides is 1. The highest BCUT2D eigenvalue weighted by molar-refractivity contribution is 5.79. The fourth-order valence-electron chi connectivity index (χ4n) is 4.30.